The van der Waals surface area contributed by atoms with Crippen LogP contribution in [0, 0.1) is 17.1 Å². The highest BCUT2D eigenvalue weighted by Crippen LogP contribution is 2.36. The van der Waals surface area contributed by atoms with E-state index < -0.39 is 5.82 Å². The van der Waals surface area contributed by atoms with E-state index in [1.807, 2.05) is 23.6 Å². The monoisotopic (exact) mass is 399 g/mol. The van der Waals surface area contributed by atoms with Crippen LogP contribution in [0.15, 0.2) is 48.0 Å². The van der Waals surface area contributed by atoms with Gasteiger partial charge in [0.05, 0.1) is 10.7 Å². The number of thiazole rings is 1. The molecule has 0 atom stereocenters. The Labute approximate surface area is 163 Å². The summed E-state index contributed by atoms with van der Waals surface area (Å²) in [7, 11) is 0. The number of rotatable bonds is 4. The average Bonchev–Trinajstić information content (AvgIpc) is 3.34. The van der Waals surface area contributed by atoms with Crippen LogP contribution >= 0.6 is 22.9 Å². The summed E-state index contributed by atoms with van der Waals surface area (Å²) in [5.41, 5.74) is 2.53. The van der Waals surface area contributed by atoms with E-state index in [9.17, 15) is 9.65 Å². The molecule has 2 heterocycles. The summed E-state index contributed by atoms with van der Waals surface area (Å²) in [5, 5.41) is 14.8. The third-order valence-electron chi connectivity index (χ3n) is 3.83. The SMILES string of the molecule is N#CC(=CNc1ccc(F)c(Cl)c1)c1nc(-c2ccc3c(c2)OCO3)cs1. The average molecular weight is 400 g/mol. The highest BCUT2D eigenvalue weighted by atomic mass is 35.5. The standard InChI is InChI=1S/C19H11ClFN3O2S/c20-14-6-13(2-3-15(14)21)23-8-12(7-22)19-24-16(9-27-19)11-1-4-17-18(5-11)26-10-25-17/h1-6,8-9,23H,10H2. The Morgan fingerprint density at radius 3 is 2.93 bits per heavy atom. The Bertz CT molecular complexity index is 1090. The molecule has 4 rings (SSSR count). The Morgan fingerprint density at radius 2 is 2.11 bits per heavy atom. The quantitative estimate of drug-likeness (QED) is 0.602. The summed E-state index contributed by atoms with van der Waals surface area (Å²) in [4.78, 5) is 4.53. The fraction of sp³-hybridized carbons (Fsp3) is 0.0526. The van der Waals surface area contributed by atoms with Gasteiger partial charge in [-0.05, 0) is 36.4 Å². The number of nitrogens with zero attached hydrogens (tertiary/aromatic N) is 2. The maximum Gasteiger partial charge on any atom is 0.231 e. The van der Waals surface area contributed by atoms with Crippen molar-refractivity contribution in [3.63, 3.8) is 0 Å². The fourth-order valence-electron chi connectivity index (χ4n) is 2.47. The van der Waals surface area contributed by atoms with Gasteiger partial charge in [-0.2, -0.15) is 5.26 Å². The van der Waals surface area contributed by atoms with Gasteiger partial charge < -0.3 is 14.8 Å². The minimum Gasteiger partial charge on any atom is -0.454 e. The molecular formula is C19H11ClFN3O2S. The number of ether oxygens (including phenoxy) is 2. The first-order chi connectivity index (χ1) is 13.1. The highest BCUT2D eigenvalue weighted by molar-refractivity contribution is 7.11. The van der Waals surface area contributed by atoms with Crippen LogP contribution in [0.25, 0.3) is 16.8 Å². The lowest BCUT2D eigenvalue weighted by molar-refractivity contribution is 0.174. The molecule has 2 aromatic carbocycles. The van der Waals surface area contributed by atoms with E-state index in [0.29, 0.717) is 27.8 Å². The molecule has 1 aliphatic rings. The van der Waals surface area contributed by atoms with E-state index in [1.54, 1.807) is 0 Å². The van der Waals surface area contributed by atoms with E-state index in [4.69, 9.17) is 21.1 Å². The van der Waals surface area contributed by atoms with Gasteiger partial charge in [0.1, 0.15) is 22.5 Å². The van der Waals surface area contributed by atoms with Crippen molar-refractivity contribution in [3.05, 3.63) is 63.8 Å². The third-order valence-corrected chi connectivity index (χ3v) is 4.99. The fourth-order valence-corrected chi connectivity index (χ4v) is 3.44. The molecule has 0 unspecified atom stereocenters. The van der Waals surface area contributed by atoms with Gasteiger partial charge in [-0.3, -0.25) is 0 Å². The molecule has 0 radical (unpaired) electrons. The van der Waals surface area contributed by atoms with E-state index in [1.165, 1.54) is 35.7 Å². The number of allylic oxidation sites excluding steroid dienone is 1. The van der Waals surface area contributed by atoms with Gasteiger partial charge in [0.15, 0.2) is 11.5 Å². The maximum absolute atomic E-state index is 13.2. The number of benzene rings is 2. The van der Waals surface area contributed by atoms with Crippen molar-refractivity contribution in [3.8, 4) is 28.8 Å². The van der Waals surface area contributed by atoms with E-state index >= 15 is 0 Å². The molecule has 3 aromatic rings. The number of nitriles is 1. The number of halogens is 2. The Kier molecular flexibility index (Phi) is 4.67. The number of nitrogens with one attached hydrogen (secondary N) is 1. The van der Waals surface area contributed by atoms with Crippen molar-refractivity contribution in [1.29, 1.82) is 5.26 Å². The first kappa shape index (κ1) is 17.3. The molecule has 0 bridgehead atoms. The van der Waals surface area contributed by atoms with Gasteiger partial charge >= 0.3 is 0 Å². The second-order valence-electron chi connectivity index (χ2n) is 5.55. The second kappa shape index (κ2) is 7.27. The van der Waals surface area contributed by atoms with Gasteiger partial charge in [-0.25, -0.2) is 9.37 Å². The summed E-state index contributed by atoms with van der Waals surface area (Å²) >= 11 is 7.11. The normalized spacial score (nSPS) is 12.7. The number of fused-ring (bicyclic) bond motifs is 1. The summed E-state index contributed by atoms with van der Waals surface area (Å²) in [6.45, 7) is 0.210. The van der Waals surface area contributed by atoms with Crippen molar-refractivity contribution in [2.75, 3.05) is 12.1 Å². The van der Waals surface area contributed by atoms with Gasteiger partial charge in [-0.1, -0.05) is 11.6 Å². The van der Waals surface area contributed by atoms with Crippen LogP contribution in [0.4, 0.5) is 10.1 Å². The summed E-state index contributed by atoms with van der Waals surface area (Å²) < 4.78 is 23.9. The van der Waals surface area contributed by atoms with Crippen molar-refractivity contribution in [2.24, 2.45) is 0 Å². The molecular weight excluding hydrogens is 389 g/mol. The smallest absolute Gasteiger partial charge is 0.231 e. The zero-order valence-electron chi connectivity index (χ0n) is 13.7. The minimum absolute atomic E-state index is 0.00579. The van der Waals surface area contributed by atoms with Crippen LogP contribution < -0.4 is 14.8 Å². The molecule has 27 heavy (non-hydrogen) atoms. The molecule has 0 aliphatic carbocycles. The van der Waals surface area contributed by atoms with E-state index in [-0.39, 0.29) is 11.8 Å². The molecule has 0 saturated heterocycles. The molecule has 1 aliphatic heterocycles. The number of aromatic nitrogens is 1. The summed E-state index contributed by atoms with van der Waals surface area (Å²) in [6.07, 6.45) is 1.52. The molecule has 1 aromatic heterocycles. The molecule has 0 amide bonds. The Balaban J connectivity index is 1.57. The summed E-state index contributed by atoms with van der Waals surface area (Å²) in [5.74, 6) is 0.877. The molecule has 1 N–H and O–H groups in total. The Morgan fingerprint density at radius 1 is 1.26 bits per heavy atom. The van der Waals surface area contributed by atoms with Crippen molar-refractivity contribution >= 4 is 34.2 Å². The van der Waals surface area contributed by atoms with Gasteiger partial charge in [0.2, 0.25) is 6.79 Å². The molecule has 8 heteroatoms. The van der Waals surface area contributed by atoms with Crippen LogP contribution in [0.1, 0.15) is 5.01 Å². The Hall–Kier alpha value is -3.08. The third kappa shape index (κ3) is 3.58. The molecule has 5 nitrogen and oxygen atoms in total. The number of anilines is 1. The lowest BCUT2D eigenvalue weighted by atomic mass is 10.1. The lowest BCUT2D eigenvalue weighted by Crippen LogP contribution is -1.92. The largest absolute Gasteiger partial charge is 0.454 e. The number of hydrogen-bond acceptors (Lipinski definition) is 6. The second-order valence-corrected chi connectivity index (χ2v) is 6.81. The number of hydrogen-bond donors (Lipinski definition) is 1. The highest BCUT2D eigenvalue weighted by Gasteiger charge is 2.16. The van der Waals surface area contributed by atoms with Crippen LogP contribution in [-0.2, 0) is 0 Å². The molecule has 0 spiro atoms. The van der Waals surface area contributed by atoms with E-state index in [2.05, 4.69) is 16.4 Å². The van der Waals surface area contributed by atoms with Crippen LogP contribution in [0.3, 0.4) is 0 Å². The van der Waals surface area contributed by atoms with Crippen molar-refractivity contribution in [2.45, 2.75) is 0 Å². The zero-order valence-corrected chi connectivity index (χ0v) is 15.3. The molecule has 134 valence electrons. The molecule has 0 fully saturated rings. The van der Waals surface area contributed by atoms with Crippen LogP contribution in [0.5, 0.6) is 11.5 Å². The minimum atomic E-state index is -0.500. The first-order valence-electron chi connectivity index (χ1n) is 7.82. The van der Waals surface area contributed by atoms with Crippen LogP contribution in [0.2, 0.25) is 5.02 Å². The summed E-state index contributed by atoms with van der Waals surface area (Å²) in [6, 6.07) is 11.9. The van der Waals surface area contributed by atoms with Gasteiger partial charge in [0.25, 0.3) is 0 Å². The topological polar surface area (TPSA) is 67.2 Å². The van der Waals surface area contributed by atoms with Gasteiger partial charge in [-0.15, -0.1) is 11.3 Å². The van der Waals surface area contributed by atoms with Crippen molar-refractivity contribution in [1.82, 2.24) is 4.98 Å². The molecule has 0 saturated carbocycles. The lowest BCUT2D eigenvalue weighted by Gasteiger charge is -2.02. The zero-order chi connectivity index (χ0) is 18.8. The first-order valence-corrected chi connectivity index (χ1v) is 9.07. The van der Waals surface area contributed by atoms with E-state index in [0.717, 1.165) is 11.3 Å². The van der Waals surface area contributed by atoms with Gasteiger partial charge in [0, 0.05) is 22.8 Å². The van der Waals surface area contributed by atoms with Crippen LogP contribution in [-0.4, -0.2) is 11.8 Å². The predicted molar refractivity (Wildman–Crippen MR) is 102 cm³/mol. The van der Waals surface area contributed by atoms with Crippen molar-refractivity contribution < 1.29 is 13.9 Å². The maximum atomic E-state index is 13.2. The predicted octanol–water partition coefficient (Wildman–Crippen LogP) is 5.31.